The number of esters is 2. The molecule has 1 aliphatic rings. The zero-order valence-electron chi connectivity index (χ0n) is 13.5. The summed E-state index contributed by atoms with van der Waals surface area (Å²) in [5.41, 5.74) is -4.96. The molecular weight excluding hydrogens is 408 g/mol. The molecule has 0 aliphatic carbocycles. The van der Waals surface area contributed by atoms with Crippen molar-refractivity contribution in [2.24, 2.45) is 0 Å². The number of benzene rings is 1. The van der Waals surface area contributed by atoms with Crippen LogP contribution >= 0.6 is 11.6 Å². The summed E-state index contributed by atoms with van der Waals surface area (Å²) in [6, 6.07) is 0.157. The maximum absolute atomic E-state index is 13.0. The summed E-state index contributed by atoms with van der Waals surface area (Å²) in [6.45, 7) is 2.51. The number of alkyl halides is 6. The standard InChI is InChI=1S/C15H10ClF6NO4/c1-13(2)26-11(24)7(12(25)27-13)5-23-9-4-6(14(17,18)19)3-8(10(9)16)15(20,21)22/h3-5,23H,1-2H3. The van der Waals surface area contributed by atoms with Gasteiger partial charge in [0, 0.05) is 20.0 Å². The molecule has 0 radical (unpaired) electrons. The van der Waals surface area contributed by atoms with E-state index in [0.29, 0.717) is 12.3 Å². The summed E-state index contributed by atoms with van der Waals surface area (Å²) >= 11 is 5.54. The highest BCUT2D eigenvalue weighted by Gasteiger charge is 2.41. The van der Waals surface area contributed by atoms with Gasteiger partial charge in [-0.25, -0.2) is 9.59 Å². The van der Waals surface area contributed by atoms with E-state index < -0.39 is 57.5 Å². The minimum absolute atomic E-state index is 0.147. The second-order valence-corrected chi connectivity index (χ2v) is 6.14. The predicted octanol–water partition coefficient (Wildman–Crippen LogP) is 4.51. The molecule has 2 rings (SSSR count). The van der Waals surface area contributed by atoms with E-state index in [-0.39, 0.29) is 6.07 Å². The predicted molar refractivity (Wildman–Crippen MR) is 79.4 cm³/mol. The molecular formula is C15H10ClF6NO4. The van der Waals surface area contributed by atoms with Crippen LogP contribution in [-0.4, -0.2) is 17.7 Å². The quantitative estimate of drug-likeness (QED) is 0.332. The topological polar surface area (TPSA) is 64.6 Å². The van der Waals surface area contributed by atoms with Crippen LogP contribution in [0.4, 0.5) is 32.0 Å². The zero-order chi connectivity index (χ0) is 20.8. The van der Waals surface area contributed by atoms with Gasteiger partial charge < -0.3 is 14.8 Å². The molecule has 12 heteroatoms. The van der Waals surface area contributed by atoms with E-state index in [1.807, 2.05) is 5.32 Å². The highest BCUT2D eigenvalue weighted by molar-refractivity contribution is 6.34. The number of rotatable bonds is 2. The fourth-order valence-corrected chi connectivity index (χ4v) is 2.30. The monoisotopic (exact) mass is 417 g/mol. The lowest BCUT2D eigenvalue weighted by atomic mass is 10.1. The normalized spacial score (nSPS) is 17.3. The van der Waals surface area contributed by atoms with E-state index >= 15 is 0 Å². The number of hydrogen-bond donors (Lipinski definition) is 1. The average molecular weight is 418 g/mol. The first-order valence-corrected chi connectivity index (χ1v) is 7.41. The number of ether oxygens (including phenoxy) is 2. The van der Waals surface area contributed by atoms with Crippen LogP contribution in [0.25, 0.3) is 0 Å². The van der Waals surface area contributed by atoms with Gasteiger partial charge in [0.25, 0.3) is 5.79 Å². The third-order valence-electron chi connectivity index (χ3n) is 3.19. The molecule has 1 saturated heterocycles. The van der Waals surface area contributed by atoms with Crippen LogP contribution in [-0.2, 0) is 31.4 Å². The van der Waals surface area contributed by atoms with Gasteiger partial charge in [0.05, 0.1) is 21.8 Å². The van der Waals surface area contributed by atoms with Crippen LogP contribution in [0, 0.1) is 0 Å². The van der Waals surface area contributed by atoms with Gasteiger partial charge in [-0.15, -0.1) is 0 Å². The number of cyclic esters (lactones) is 2. The maximum atomic E-state index is 13.0. The molecule has 1 fully saturated rings. The summed E-state index contributed by atoms with van der Waals surface area (Å²) in [4.78, 5) is 23.5. The van der Waals surface area contributed by atoms with Gasteiger partial charge in [-0.3, -0.25) is 0 Å². The fourth-order valence-electron chi connectivity index (χ4n) is 2.03. The Bertz CT molecular complexity index is 807. The lowest BCUT2D eigenvalue weighted by molar-refractivity contribution is -0.222. The molecule has 0 amide bonds. The van der Waals surface area contributed by atoms with Crippen molar-refractivity contribution >= 4 is 29.2 Å². The zero-order valence-corrected chi connectivity index (χ0v) is 14.3. The molecule has 0 bridgehead atoms. The Morgan fingerprint density at radius 1 is 1.00 bits per heavy atom. The van der Waals surface area contributed by atoms with Crippen molar-refractivity contribution in [3.05, 3.63) is 40.1 Å². The van der Waals surface area contributed by atoms with Crippen molar-refractivity contribution in [3.8, 4) is 0 Å². The van der Waals surface area contributed by atoms with Gasteiger partial charge in [0.2, 0.25) is 0 Å². The number of carbonyl (C=O) groups excluding carboxylic acids is 2. The molecule has 0 spiro atoms. The Morgan fingerprint density at radius 2 is 1.52 bits per heavy atom. The molecule has 1 aromatic carbocycles. The minimum Gasteiger partial charge on any atom is -0.419 e. The van der Waals surface area contributed by atoms with Crippen molar-refractivity contribution in [1.82, 2.24) is 0 Å². The van der Waals surface area contributed by atoms with Crippen molar-refractivity contribution < 1.29 is 45.4 Å². The average Bonchev–Trinajstić information content (AvgIpc) is 2.44. The third-order valence-corrected chi connectivity index (χ3v) is 3.60. The number of halogens is 7. The molecule has 0 unspecified atom stereocenters. The molecule has 1 heterocycles. The molecule has 148 valence electrons. The first kappa shape index (κ1) is 20.9. The summed E-state index contributed by atoms with van der Waals surface area (Å²) in [5, 5.41) is 0.922. The Balaban J connectivity index is 2.47. The number of hydrogen-bond acceptors (Lipinski definition) is 5. The Kier molecular flexibility index (Phi) is 5.12. The molecule has 27 heavy (non-hydrogen) atoms. The highest BCUT2D eigenvalue weighted by Crippen LogP contribution is 2.43. The molecule has 1 aromatic rings. The van der Waals surface area contributed by atoms with Gasteiger partial charge in [-0.05, 0) is 12.1 Å². The van der Waals surface area contributed by atoms with Crippen molar-refractivity contribution in [3.63, 3.8) is 0 Å². The molecule has 0 saturated carbocycles. The van der Waals surface area contributed by atoms with E-state index in [1.54, 1.807) is 0 Å². The first-order chi connectivity index (χ1) is 12.1. The van der Waals surface area contributed by atoms with Crippen molar-refractivity contribution in [2.75, 3.05) is 5.32 Å². The molecule has 0 atom stereocenters. The molecule has 1 aliphatic heterocycles. The van der Waals surface area contributed by atoms with Crippen molar-refractivity contribution in [2.45, 2.75) is 32.0 Å². The molecule has 5 nitrogen and oxygen atoms in total. The Labute approximate surface area is 152 Å². The van der Waals surface area contributed by atoms with Gasteiger partial charge in [0.15, 0.2) is 5.57 Å². The van der Waals surface area contributed by atoms with Gasteiger partial charge in [-0.1, -0.05) is 11.6 Å². The number of carbonyl (C=O) groups is 2. The summed E-state index contributed by atoms with van der Waals surface area (Å²) < 4.78 is 87.0. The van der Waals surface area contributed by atoms with E-state index in [1.165, 1.54) is 13.8 Å². The van der Waals surface area contributed by atoms with Crippen LogP contribution in [0.1, 0.15) is 25.0 Å². The van der Waals surface area contributed by atoms with E-state index in [4.69, 9.17) is 21.1 Å². The second kappa shape index (κ2) is 6.63. The first-order valence-electron chi connectivity index (χ1n) is 7.03. The van der Waals surface area contributed by atoms with E-state index in [9.17, 15) is 35.9 Å². The van der Waals surface area contributed by atoms with Crippen LogP contribution < -0.4 is 5.32 Å². The lowest BCUT2D eigenvalue weighted by Gasteiger charge is -2.29. The fraction of sp³-hybridized carbons (Fsp3) is 0.333. The molecule has 1 N–H and O–H groups in total. The van der Waals surface area contributed by atoms with Gasteiger partial charge in [0.1, 0.15) is 0 Å². The summed E-state index contributed by atoms with van der Waals surface area (Å²) in [5.74, 6) is -3.92. The number of anilines is 1. The van der Waals surface area contributed by atoms with Crippen molar-refractivity contribution in [1.29, 1.82) is 0 Å². The minimum atomic E-state index is -5.17. The Hall–Kier alpha value is -2.43. The van der Waals surface area contributed by atoms with Gasteiger partial charge >= 0.3 is 24.3 Å². The highest BCUT2D eigenvalue weighted by atomic mass is 35.5. The summed E-state index contributed by atoms with van der Waals surface area (Å²) in [7, 11) is 0. The van der Waals surface area contributed by atoms with Crippen LogP contribution in [0.5, 0.6) is 0 Å². The third kappa shape index (κ3) is 4.65. The van der Waals surface area contributed by atoms with E-state index in [0.717, 1.165) is 0 Å². The van der Waals surface area contributed by atoms with Crippen LogP contribution in [0.3, 0.4) is 0 Å². The Morgan fingerprint density at radius 3 is 1.96 bits per heavy atom. The number of nitrogens with one attached hydrogen (secondary N) is 1. The molecule has 0 aromatic heterocycles. The second-order valence-electron chi connectivity index (χ2n) is 5.76. The largest absolute Gasteiger partial charge is 0.419 e. The SMILES string of the molecule is CC1(C)OC(=O)C(=CNc2cc(C(F)(F)F)cc(C(F)(F)F)c2Cl)C(=O)O1. The summed E-state index contributed by atoms with van der Waals surface area (Å²) in [6.07, 6.45) is -9.71. The maximum Gasteiger partial charge on any atom is 0.417 e. The van der Waals surface area contributed by atoms with Gasteiger partial charge in [-0.2, -0.15) is 26.3 Å². The lowest BCUT2D eigenvalue weighted by Crippen LogP contribution is -2.42. The van der Waals surface area contributed by atoms with Crippen LogP contribution in [0.15, 0.2) is 23.9 Å². The van der Waals surface area contributed by atoms with E-state index in [2.05, 4.69) is 0 Å². The smallest absolute Gasteiger partial charge is 0.417 e. The van der Waals surface area contributed by atoms with Crippen LogP contribution in [0.2, 0.25) is 5.02 Å².